The average molecular weight is 254 g/mol. The molecule has 2 aromatic rings. The molecule has 0 aliphatic rings. The van der Waals surface area contributed by atoms with E-state index in [1.807, 2.05) is 18.4 Å². The lowest BCUT2D eigenvalue weighted by Gasteiger charge is -2.12. The molecular weight excluding hydrogens is 242 g/mol. The minimum Gasteiger partial charge on any atom is -0.383 e. The van der Waals surface area contributed by atoms with Gasteiger partial charge in [0.25, 0.3) is 0 Å². The van der Waals surface area contributed by atoms with Crippen LogP contribution in [0.15, 0.2) is 23.6 Å². The van der Waals surface area contributed by atoms with Gasteiger partial charge in [0.2, 0.25) is 0 Å². The highest BCUT2D eigenvalue weighted by atomic mass is 32.1. The van der Waals surface area contributed by atoms with Crippen molar-refractivity contribution in [2.75, 3.05) is 0 Å². The quantitative estimate of drug-likeness (QED) is 0.866. The molecule has 1 aromatic carbocycles. The van der Waals surface area contributed by atoms with Gasteiger partial charge in [0, 0.05) is 16.5 Å². The number of benzene rings is 1. The van der Waals surface area contributed by atoms with E-state index in [0.717, 1.165) is 11.6 Å². The minimum absolute atomic E-state index is 0.120. The second-order valence-electron chi connectivity index (χ2n) is 3.99. The number of aryl methyl sites for hydroxylation is 2. The maximum Gasteiger partial charge on any atom is 0.132 e. The largest absolute Gasteiger partial charge is 0.383 e. The fourth-order valence-corrected chi connectivity index (χ4v) is 2.62. The molecule has 1 unspecified atom stereocenters. The van der Waals surface area contributed by atoms with E-state index >= 15 is 0 Å². The number of hydrogen-bond donors (Lipinski definition) is 1. The van der Waals surface area contributed by atoms with Gasteiger partial charge in [0.05, 0.1) is 0 Å². The SMILES string of the molecule is Cc1cc(C(O)c2sccc2C)c(F)cc1F. The molecule has 0 spiro atoms. The molecule has 2 rings (SSSR count). The number of aliphatic hydroxyl groups excluding tert-OH is 1. The van der Waals surface area contributed by atoms with E-state index in [0.29, 0.717) is 10.4 Å². The van der Waals surface area contributed by atoms with Crippen LogP contribution in [0.25, 0.3) is 0 Å². The lowest BCUT2D eigenvalue weighted by Crippen LogP contribution is -2.03. The molecule has 17 heavy (non-hydrogen) atoms. The van der Waals surface area contributed by atoms with Crippen LogP contribution in [0, 0.1) is 25.5 Å². The summed E-state index contributed by atoms with van der Waals surface area (Å²) in [4.78, 5) is 0.690. The van der Waals surface area contributed by atoms with E-state index in [1.165, 1.54) is 17.4 Å². The second kappa shape index (κ2) is 4.55. The van der Waals surface area contributed by atoms with Crippen molar-refractivity contribution in [1.29, 1.82) is 0 Å². The summed E-state index contributed by atoms with van der Waals surface area (Å²) < 4.78 is 26.7. The first-order valence-corrected chi connectivity index (χ1v) is 6.06. The first-order valence-electron chi connectivity index (χ1n) is 5.18. The summed E-state index contributed by atoms with van der Waals surface area (Å²) >= 11 is 1.36. The first kappa shape index (κ1) is 12.2. The first-order chi connectivity index (χ1) is 8.00. The molecule has 0 saturated carbocycles. The van der Waals surface area contributed by atoms with E-state index in [1.54, 1.807) is 6.92 Å². The van der Waals surface area contributed by atoms with E-state index in [4.69, 9.17) is 0 Å². The summed E-state index contributed by atoms with van der Waals surface area (Å²) in [6.07, 6.45) is -1.03. The number of hydrogen-bond acceptors (Lipinski definition) is 2. The zero-order valence-electron chi connectivity index (χ0n) is 9.50. The summed E-state index contributed by atoms with van der Waals surface area (Å²) in [6.45, 7) is 3.40. The van der Waals surface area contributed by atoms with Crippen molar-refractivity contribution in [2.24, 2.45) is 0 Å². The van der Waals surface area contributed by atoms with Crippen LogP contribution < -0.4 is 0 Å². The van der Waals surface area contributed by atoms with E-state index < -0.39 is 17.7 Å². The Morgan fingerprint density at radius 3 is 2.41 bits per heavy atom. The topological polar surface area (TPSA) is 20.2 Å². The Morgan fingerprint density at radius 2 is 1.82 bits per heavy atom. The van der Waals surface area contributed by atoms with Crippen molar-refractivity contribution in [2.45, 2.75) is 20.0 Å². The Hall–Kier alpha value is -1.26. The number of thiophene rings is 1. The van der Waals surface area contributed by atoms with Gasteiger partial charge >= 0.3 is 0 Å². The van der Waals surface area contributed by atoms with E-state index in [2.05, 4.69) is 0 Å². The van der Waals surface area contributed by atoms with Gasteiger partial charge in [-0.15, -0.1) is 11.3 Å². The van der Waals surface area contributed by atoms with Crippen molar-refractivity contribution < 1.29 is 13.9 Å². The minimum atomic E-state index is -1.03. The van der Waals surface area contributed by atoms with Gasteiger partial charge in [-0.3, -0.25) is 0 Å². The molecule has 0 saturated heterocycles. The van der Waals surface area contributed by atoms with Gasteiger partial charge in [-0.2, -0.15) is 0 Å². The normalized spacial score (nSPS) is 12.8. The summed E-state index contributed by atoms with van der Waals surface area (Å²) in [5.41, 5.74) is 1.35. The van der Waals surface area contributed by atoms with Crippen LogP contribution in [0.5, 0.6) is 0 Å². The number of rotatable bonds is 2. The molecule has 0 fully saturated rings. The van der Waals surface area contributed by atoms with Gasteiger partial charge < -0.3 is 5.11 Å². The van der Waals surface area contributed by atoms with Gasteiger partial charge in [-0.05, 0) is 42.5 Å². The zero-order valence-corrected chi connectivity index (χ0v) is 10.3. The maximum atomic E-state index is 13.6. The van der Waals surface area contributed by atoms with E-state index in [-0.39, 0.29) is 5.56 Å². The smallest absolute Gasteiger partial charge is 0.132 e. The van der Waals surface area contributed by atoms with Crippen LogP contribution >= 0.6 is 11.3 Å². The Bertz CT molecular complexity index is 548. The maximum absolute atomic E-state index is 13.6. The average Bonchev–Trinajstić information content (AvgIpc) is 2.69. The highest BCUT2D eigenvalue weighted by molar-refractivity contribution is 7.10. The van der Waals surface area contributed by atoms with Gasteiger partial charge in [0.1, 0.15) is 17.7 Å². The molecule has 0 aliphatic carbocycles. The predicted molar refractivity (Wildman–Crippen MR) is 64.2 cm³/mol. The lowest BCUT2D eigenvalue weighted by molar-refractivity contribution is 0.217. The van der Waals surface area contributed by atoms with Crippen molar-refractivity contribution in [3.8, 4) is 0 Å². The Morgan fingerprint density at radius 1 is 1.12 bits per heavy atom. The van der Waals surface area contributed by atoms with Crippen molar-refractivity contribution in [3.05, 3.63) is 56.8 Å². The third kappa shape index (κ3) is 2.23. The standard InChI is InChI=1S/C13H12F2OS/c1-7-3-4-17-13(7)12(16)9-5-8(2)10(14)6-11(9)15/h3-6,12,16H,1-2H3. The van der Waals surface area contributed by atoms with Gasteiger partial charge in [0.15, 0.2) is 0 Å². The fourth-order valence-electron chi connectivity index (χ4n) is 1.69. The molecule has 0 aliphatic heterocycles. The molecule has 1 atom stereocenters. The molecule has 1 heterocycles. The summed E-state index contributed by atoms with van der Waals surface area (Å²) in [6, 6.07) is 4.03. The number of halogens is 2. The molecule has 1 nitrogen and oxygen atoms in total. The molecule has 0 bridgehead atoms. The van der Waals surface area contributed by atoms with Crippen LogP contribution in [-0.2, 0) is 0 Å². The summed E-state index contributed by atoms with van der Waals surface area (Å²) in [5.74, 6) is -1.31. The highest BCUT2D eigenvalue weighted by Gasteiger charge is 2.19. The van der Waals surface area contributed by atoms with Crippen LogP contribution in [0.4, 0.5) is 8.78 Å². The Labute approximate surface area is 102 Å². The van der Waals surface area contributed by atoms with Crippen molar-refractivity contribution >= 4 is 11.3 Å². The van der Waals surface area contributed by atoms with Gasteiger partial charge in [-0.25, -0.2) is 8.78 Å². The molecular formula is C13H12F2OS. The molecule has 1 N–H and O–H groups in total. The van der Waals surface area contributed by atoms with E-state index in [9.17, 15) is 13.9 Å². The molecule has 4 heteroatoms. The van der Waals surface area contributed by atoms with Crippen LogP contribution in [0.1, 0.15) is 27.7 Å². The van der Waals surface area contributed by atoms with Crippen LogP contribution in [0.3, 0.4) is 0 Å². The number of aliphatic hydroxyl groups is 1. The monoisotopic (exact) mass is 254 g/mol. The third-order valence-corrected chi connectivity index (χ3v) is 3.79. The van der Waals surface area contributed by atoms with Crippen molar-refractivity contribution in [1.82, 2.24) is 0 Å². The molecule has 1 aromatic heterocycles. The zero-order chi connectivity index (χ0) is 12.6. The lowest BCUT2D eigenvalue weighted by atomic mass is 10.0. The Balaban J connectivity index is 2.48. The van der Waals surface area contributed by atoms with Crippen LogP contribution in [0.2, 0.25) is 0 Å². The fraction of sp³-hybridized carbons (Fsp3) is 0.231. The molecule has 0 radical (unpaired) electrons. The molecule has 0 amide bonds. The summed E-state index contributed by atoms with van der Waals surface area (Å²) in [7, 11) is 0. The molecule has 90 valence electrons. The van der Waals surface area contributed by atoms with Gasteiger partial charge in [-0.1, -0.05) is 0 Å². The highest BCUT2D eigenvalue weighted by Crippen LogP contribution is 2.31. The van der Waals surface area contributed by atoms with Crippen molar-refractivity contribution in [3.63, 3.8) is 0 Å². The van der Waals surface area contributed by atoms with Crippen LogP contribution in [-0.4, -0.2) is 5.11 Å². The predicted octanol–water partition coefficient (Wildman–Crippen LogP) is 3.72. The third-order valence-electron chi connectivity index (χ3n) is 2.72. The Kier molecular flexibility index (Phi) is 3.26. The second-order valence-corrected chi connectivity index (χ2v) is 4.94. The summed E-state index contributed by atoms with van der Waals surface area (Å²) in [5, 5.41) is 11.9.